The molecular weight excluding hydrogens is 262 g/mol. The predicted molar refractivity (Wildman–Crippen MR) is 84.6 cm³/mol. The number of carbonyl (C=O) groups excluding carboxylic acids is 1. The molecule has 0 radical (unpaired) electrons. The van der Waals surface area contributed by atoms with Crippen molar-refractivity contribution in [1.82, 2.24) is 0 Å². The third-order valence-corrected chi connectivity index (χ3v) is 4.07. The number of aromatic hydroxyl groups is 1. The average molecular weight is 275 g/mol. The highest BCUT2D eigenvalue weighted by molar-refractivity contribution is 6.18. The minimum atomic E-state index is 0.0629. The first-order chi connectivity index (χ1) is 10.1. The van der Waals surface area contributed by atoms with Gasteiger partial charge in [-0.3, -0.25) is 9.79 Å². The molecule has 0 amide bonds. The Balaban J connectivity index is 2.15. The maximum Gasteiger partial charge on any atom is 0.185 e. The van der Waals surface area contributed by atoms with Gasteiger partial charge in [0.1, 0.15) is 12.3 Å². The van der Waals surface area contributed by atoms with E-state index in [-0.39, 0.29) is 12.3 Å². The van der Waals surface area contributed by atoms with Gasteiger partial charge in [0, 0.05) is 17.3 Å². The van der Waals surface area contributed by atoms with Crippen molar-refractivity contribution in [1.29, 1.82) is 0 Å². The van der Waals surface area contributed by atoms with Crippen molar-refractivity contribution in [2.75, 3.05) is 6.54 Å². The number of phenolic OH excluding ortho intramolecular Hbond substituents is 1. The Morgan fingerprint density at radius 2 is 1.86 bits per heavy atom. The molecule has 3 aromatic carbocycles. The molecule has 0 unspecified atom stereocenters. The van der Waals surface area contributed by atoms with Gasteiger partial charge in [0.15, 0.2) is 5.78 Å². The Morgan fingerprint density at radius 3 is 2.71 bits per heavy atom. The third-order valence-electron chi connectivity index (χ3n) is 4.07. The molecule has 0 fully saturated rings. The lowest BCUT2D eigenvalue weighted by molar-refractivity contribution is 0.100. The van der Waals surface area contributed by atoms with Crippen LogP contribution in [0.25, 0.3) is 21.5 Å². The molecule has 1 N–H and O–H groups in total. The van der Waals surface area contributed by atoms with E-state index in [1.807, 2.05) is 37.3 Å². The molecule has 102 valence electrons. The number of hydrogen-bond donors (Lipinski definition) is 1. The second-order valence-corrected chi connectivity index (χ2v) is 5.48. The number of benzene rings is 3. The Bertz CT molecular complexity index is 954. The number of fused-ring (bicyclic) bond motifs is 4. The smallest absolute Gasteiger partial charge is 0.185 e. The van der Waals surface area contributed by atoms with Gasteiger partial charge in [0.2, 0.25) is 0 Å². The van der Waals surface area contributed by atoms with Crippen LogP contribution in [0.15, 0.2) is 41.4 Å². The molecule has 0 spiro atoms. The van der Waals surface area contributed by atoms with Crippen molar-refractivity contribution in [3.63, 3.8) is 0 Å². The molecule has 0 bridgehead atoms. The molecule has 3 nitrogen and oxygen atoms in total. The van der Waals surface area contributed by atoms with Crippen LogP contribution in [-0.4, -0.2) is 23.6 Å². The molecule has 4 rings (SSSR count). The van der Waals surface area contributed by atoms with Crippen LogP contribution in [0.1, 0.15) is 21.5 Å². The number of rotatable bonds is 0. The Labute approximate surface area is 121 Å². The lowest BCUT2D eigenvalue weighted by Gasteiger charge is -2.13. The first kappa shape index (κ1) is 12.1. The van der Waals surface area contributed by atoms with Crippen LogP contribution < -0.4 is 0 Å². The van der Waals surface area contributed by atoms with Gasteiger partial charge in [-0.1, -0.05) is 12.1 Å². The zero-order chi connectivity index (χ0) is 14.6. The second kappa shape index (κ2) is 4.16. The number of ketones is 1. The van der Waals surface area contributed by atoms with Crippen molar-refractivity contribution in [3.05, 3.63) is 53.1 Å². The van der Waals surface area contributed by atoms with Crippen LogP contribution in [0.4, 0.5) is 0 Å². The molecule has 0 aliphatic carbocycles. The van der Waals surface area contributed by atoms with Gasteiger partial charge in [-0.25, -0.2) is 0 Å². The number of aryl methyl sites for hydroxylation is 1. The van der Waals surface area contributed by atoms with Crippen LogP contribution in [0.2, 0.25) is 0 Å². The highest BCUT2D eigenvalue weighted by Crippen LogP contribution is 2.31. The summed E-state index contributed by atoms with van der Waals surface area (Å²) in [5.74, 6) is 0.357. The Hall–Kier alpha value is -2.68. The molecule has 21 heavy (non-hydrogen) atoms. The molecular formula is C18H13NO2. The largest absolute Gasteiger partial charge is 0.508 e. The Morgan fingerprint density at radius 1 is 1.05 bits per heavy atom. The minimum Gasteiger partial charge on any atom is -0.508 e. The number of phenols is 1. The highest BCUT2D eigenvalue weighted by Gasteiger charge is 2.17. The van der Waals surface area contributed by atoms with Crippen molar-refractivity contribution in [3.8, 4) is 5.75 Å². The molecule has 3 heteroatoms. The van der Waals surface area contributed by atoms with E-state index in [4.69, 9.17) is 0 Å². The van der Waals surface area contributed by atoms with Gasteiger partial charge in [0.25, 0.3) is 0 Å². The lowest BCUT2D eigenvalue weighted by Crippen LogP contribution is -2.12. The number of carbonyl (C=O) groups is 1. The molecule has 0 saturated heterocycles. The molecule has 0 aromatic heterocycles. The number of nitrogens with zero attached hydrogens (tertiary/aromatic N) is 1. The quantitative estimate of drug-likeness (QED) is 0.637. The maximum absolute atomic E-state index is 12.2. The first-order valence-corrected chi connectivity index (χ1v) is 6.86. The van der Waals surface area contributed by atoms with Crippen LogP contribution in [0.3, 0.4) is 0 Å². The monoisotopic (exact) mass is 275 g/mol. The first-order valence-electron chi connectivity index (χ1n) is 6.86. The van der Waals surface area contributed by atoms with Crippen LogP contribution in [0, 0.1) is 6.92 Å². The van der Waals surface area contributed by atoms with E-state index in [2.05, 4.69) is 4.99 Å². The molecule has 0 saturated carbocycles. The summed E-state index contributed by atoms with van der Waals surface area (Å²) in [6, 6.07) is 11.7. The average Bonchev–Trinajstić information content (AvgIpc) is 2.46. The summed E-state index contributed by atoms with van der Waals surface area (Å²) in [5, 5.41) is 13.8. The van der Waals surface area contributed by atoms with E-state index in [0.29, 0.717) is 5.75 Å². The van der Waals surface area contributed by atoms with Gasteiger partial charge < -0.3 is 5.11 Å². The number of hydrogen-bond acceptors (Lipinski definition) is 3. The zero-order valence-corrected chi connectivity index (χ0v) is 11.6. The van der Waals surface area contributed by atoms with E-state index in [9.17, 15) is 9.90 Å². The molecule has 1 heterocycles. The third kappa shape index (κ3) is 1.74. The zero-order valence-electron chi connectivity index (χ0n) is 11.6. The summed E-state index contributed by atoms with van der Waals surface area (Å²) in [4.78, 5) is 16.3. The lowest BCUT2D eigenvalue weighted by atomic mass is 9.92. The summed E-state index contributed by atoms with van der Waals surface area (Å²) in [6.07, 6.45) is 1.77. The van der Waals surface area contributed by atoms with Crippen molar-refractivity contribution in [2.45, 2.75) is 6.92 Å². The SMILES string of the molecule is Cc1cc2cc3c4c(ccc3cc2cc1O)C=NCC4=O. The normalized spacial score (nSPS) is 13.9. The van der Waals surface area contributed by atoms with E-state index in [0.717, 1.165) is 38.2 Å². The highest BCUT2D eigenvalue weighted by atomic mass is 16.3. The van der Waals surface area contributed by atoms with E-state index >= 15 is 0 Å². The summed E-state index contributed by atoms with van der Waals surface area (Å²) < 4.78 is 0. The van der Waals surface area contributed by atoms with Gasteiger partial charge >= 0.3 is 0 Å². The van der Waals surface area contributed by atoms with Gasteiger partial charge in [-0.15, -0.1) is 0 Å². The topological polar surface area (TPSA) is 49.7 Å². The van der Waals surface area contributed by atoms with E-state index in [1.165, 1.54) is 0 Å². The van der Waals surface area contributed by atoms with Gasteiger partial charge in [-0.2, -0.15) is 0 Å². The van der Waals surface area contributed by atoms with E-state index in [1.54, 1.807) is 12.3 Å². The second-order valence-electron chi connectivity index (χ2n) is 5.48. The van der Waals surface area contributed by atoms with Crippen LogP contribution in [-0.2, 0) is 0 Å². The summed E-state index contributed by atoms with van der Waals surface area (Å²) >= 11 is 0. The van der Waals surface area contributed by atoms with Crippen LogP contribution in [0.5, 0.6) is 5.75 Å². The fraction of sp³-hybridized carbons (Fsp3) is 0.111. The fourth-order valence-electron chi connectivity index (χ4n) is 2.97. The van der Waals surface area contributed by atoms with Gasteiger partial charge in [-0.05, 0) is 58.3 Å². The van der Waals surface area contributed by atoms with Crippen LogP contribution >= 0.6 is 0 Å². The maximum atomic E-state index is 12.2. The van der Waals surface area contributed by atoms with E-state index < -0.39 is 0 Å². The standard InChI is InChI=1S/C18H13NO2/c1-10-4-13-6-15-11(5-14(13)7-16(10)20)2-3-12-8-19-9-17(21)18(12)15/h2-8,20H,9H2,1H3. The van der Waals surface area contributed by atoms with Gasteiger partial charge in [0.05, 0.1) is 0 Å². The molecule has 1 aliphatic rings. The fourth-order valence-corrected chi connectivity index (χ4v) is 2.97. The minimum absolute atomic E-state index is 0.0629. The predicted octanol–water partition coefficient (Wildman–Crippen LogP) is 3.62. The Kier molecular flexibility index (Phi) is 2.39. The van der Waals surface area contributed by atoms with Crippen molar-refractivity contribution >= 4 is 33.5 Å². The number of Topliss-reactive ketones (excluding diaryl/α,β-unsaturated/α-hetero) is 1. The number of aliphatic imine (C=N–C) groups is 1. The molecule has 3 aromatic rings. The molecule has 0 atom stereocenters. The summed E-state index contributed by atoms with van der Waals surface area (Å²) in [7, 11) is 0. The summed E-state index contributed by atoms with van der Waals surface area (Å²) in [6.45, 7) is 2.09. The molecule has 1 aliphatic heterocycles. The van der Waals surface area contributed by atoms with Crippen molar-refractivity contribution < 1.29 is 9.90 Å². The van der Waals surface area contributed by atoms with Crippen molar-refractivity contribution in [2.24, 2.45) is 4.99 Å². The summed E-state index contributed by atoms with van der Waals surface area (Å²) in [5.41, 5.74) is 2.48.